The summed E-state index contributed by atoms with van der Waals surface area (Å²) >= 11 is 0. The van der Waals surface area contributed by atoms with Gasteiger partial charge in [-0.1, -0.05) is 0 Å². The molecule has 1 N–H and O–H groups in total. The molecule has 0 aromatic carbocycles. The Morgan fingerprint density at radius 3 is 2.70 bits per heavy atom. The summed E-state index contributed by atoms with van der Waals surface area (Å²) < 4.78 is 45.8. The van der Waals surface area contributed by atoms with Gasteiger partial charge < -0.3 is 19.3 Å². The average Bonchev–Trinajstić information content (AvgIpc) is 3.24. The predicted molar refractivity (Wildman–Crippen MR) is 89.8 cm³/mol. The van der Waals surface area contributed by atoms with Crippen molar-refractivity contribution in [1.29, 1.82) is 0 Å². The summed E-state index contributed by atoms with van der Waals surface area (Å²) in [7, 11) is 3.17. The molecule has 2 aromatic rings. The molecular formula is C17H19F3N4O3. The molecule has 0 saturated carbocycles. The van der Waals surface area contributed by atoms with Crippen LogP contribution in [0.25, 0.3) is 11.5 Å². The van der Waals surface area contributed by atoms with E-state index in [0.717, 1.165) is 6.07 Å². The van der Waals surface area contributed by atoms with E-state index >= 15 is 0 Å². The molecule has 0 radical (unpaired) electrons. The standard InChI is InChI=1S/C17H19F3N4O3/c1-23(2)15(26)6-10-8-24(9-13(10)25)16-11(17(18,19)20)7-12(21-22-16)14-4-3-5-27-14/h3-5,7,10,13,25H,6,8-9H2,1-2H3/t10-,13-/m1/s1. The molecule has 0 bridgehead atoms. The van der Waals surface area contributed by atoms with Crippen LogP contribution in [0, 0.1) is 5.92 Å². The largest absolute Gasteiger partial charge is 0.463 e. The summed E-state index contributed by atoms with van der Waals surface area (Å²) in [5.41, 5.74) is -0.995. The fourth-order valence-corrected chi connectivity index (χ4v) is 3.01. The number of nitrogens with zero attached hydrogens (tertiary/aromatic N) is 4. The third kappa shape index (κ3) is 4.05. The van der Waals surface area contributed by atoms with Gasteiger partial charge in [-0.2, -0.15) is 13.2 Å². The van der Waals surface area contributed by atoms with Gasteiger partial charge in [0.2, 0.25) is 5.91 Å². The second-order valence-electron chi connectivity index (χ2n) is 6.67. The number of aliphatic hydroxyl groups excluding tert-OH is 1. The number of amides is 1. The predicted octanol–water partition coefficient (Wildman–Crippen LogP) is 2.03. The molecule has 1 aliphatic heterocycles. The highest BCUT2D eigenvalue weighted by Gasteiger charge is 2.41. The Kier molecular flexibility index (Phi) is 5.09. The maximum Gasteiger partial charge on any atom is 0.420 e. The van der Waals surface area contributed by atoms with Crippen LogP contribution in [-0.2, 0) is 11.0 Å². The summed E-state index contributed by atoms with van der Waals surface area (Å²) in [5.74, 6) is -0.865. The van der Waals surface area contributed by atoms with E-state index in [1.807, 2.05) is 0 Å². The van der Waals surface area contributed by atoms with E-state index in [1.54, 1.807) is 20.2 Å². The van der Waals surface area contributed by atoms with Gasteiger partial charge in [0.1, 0.15) is 11.3 Å². The Hall–Kier alpha value is -2.62. The zero-order chi connectivity index (χ0) is 19.8. The lowest BCUT2D eigenvalue weighted by Gasteiger charge is -2.21. The second-order valence-corrected chi connectivity index (χ2v) is 6.67. The number of alkyl halides is 3. The van der Waals surface area contributed by atoms with Crippen molar-refractivity contribution < 1.29 is 27.5 Å². The number of hydrogen-bond acceptors (Lipinski definition) is 6. The molecule has 27 heavy (non-hydrogen) atoms. The van der Waals surface area contributed by atoms with Crippen molar-refractivity contribution in [3.05, 3.63) is 30.0 Å². The molecule has 7 nitrogen and oxygen atoms in total. The minimum atomic E-state index is -4.66. The van der Waals surface area contributed by atoms with Gasteiger partial charge in [-0.3, -0.25) is 4.79 Å². The van der Waals surface area contributed by atoms with E-state index in [2.05, 4.69) is 10.2 Å². The van der Waals surface area contributed by atoms with Crippen LogP contribution in [0.4, 0.5) is 19.0 Å². The van der Waals surface area contributed by atoms with Gasteiger partial charge in [-0.15, -0.1) is 10.2 Å². The monoisotopic (exact) mass is 384 g/mol. The minimum Gasteiger partial charge on any atom is -0.463 e. The van der Waals surface area contributed by atoms with Gasteiger partial charge in [-0.25, -0.2) is 0 Å². The number of β-amino-alcohol motifs (C(OH)–C–C–N with tert-alkyl or cyclic N) is 1. The quantitative estimate of drug-likeness (QED) is 0.869. The number of rotatable bonds is 4. The van der Waals surface area contributed by atoms with Crippen molar-refractivity contribution in [2.24, 2.45) is 5.92 Å². The number of anilines is 1. The molecule has 0 aliphatic carbocycles. The summed E-state index contributed by atoms with van der Waals surface area (Å²) in [6.07, 6.45) is -4.21. The number of aromatic nitrogens is 2. The SMILES string of the molecule is CN(C)C(=O)C[C@@H]1CN(c2nnc(-c3ccco3)cc2C(F)(F)F)C[C@H]1O. The summed E-state index contributed by atoms with van der Waals surface area (Å²) in [6, 6.07) is 3.92. The number of carbonyl (C=O) groups excluding carboxylic acids is 1. The second kappa shape index (κ2) is 7.18. The summed E-state index contributed by atoms with van der Waals surface area (Å²) in [4.78, 5) is 14.6. The highest BCUT2D eigenvalue weighted by Crippen LogP contribution is 2.38. The molecule has 10 heteroatoms. The zero-order valence-electron chi connectivity index (χ0n) is 14.8. The molecule has 0 spiro atoms. The van der Waals surface area contributed by atoms with E-state index < -0.39 is 23.8 Å². The van der Waals surface area contributed by atoms with E-state index in [-0.39, 0.29) is 42.7 Å². The van der Waals surface area contributed by atoms with Gasteiger partial charge in [0.25, 0.3) is 0 Å². The molecule has 1 amide bonds. The molecule has 146 valence electrons. The molecule has 3 rings (SSSR count). The van der Waals surface area contributed by atoms with E-state index in [0.29, 0.717) is 0 Å². The van der Waals surface area contributed by atoms with Crippen LogP contribution >= 0.6 is 0 Å². The van der Waals surface area contributed by atoms with Crippen molar-refractivity contribution in [3.8, 4) is 11.5 Å². The molecule has 2 atom stereocenters. The van der Waals surface area contributed by atoms with Crippen molar-refractivity contribution in [2.75, 3.05) is 32.1 Å². The highest BCUT2D eigenvalue weighted by atomic mass is 19.4. The lowest BCUT2D eigenvalue weighted by atomic mass is 10.0. The lowest BCUT2D eigenvalue weighted by molar-refractivity contribution is -0.137. The smallest absolute Gasteiger partial charge is 0.420 e. The maximum absolute atomic E-state index is 13.6. The first-order valence-electron chi connectivity index (χ1n) is 8.28. The fourth-order valence-electron chi connectivity index (χ4n) is 3.01. The third-order valence-electron chi connectivity index (χ3n) is 4.50. The zero-order valence-corrected chi connectivity index (χ0v) is 14.8. The summed E-state index contributed by atoms with van der Waals surface area (Å²) in [6.45, 7) is 0.0296. The maximum atomic E-state index is 13.6. The van der Waals surface area contributed by atoms with Crippen LogP contribution in [0.3, 0.4) is 0 Å². The molecule has 1 aliphatic rings. The summed E-state index contributed by atoms with van der Waals surface area (Å²) in [5, 5.41) is 17.8. The van der Waals surface area contributed by atoms with Crippen molar-refractivity contribution >= 4 is 11.7 Å². The van der Waals surface area contributed by atoms with Gasteiger partial charge in [0, 0.05) is 39.5 Å². The molecule has 0 unspecified atom stereocenters. The third-order valence-corrected chi connectivity index (χ3v) is 4.50. The fraction of sp³-hybridized carbons (Fsp3) is 0.471. The van der Waals surface area contributed by atoms with Crippen LogP contribution in [-0.4, -0.2) is 59.4 Å². The van der Waals surface area contributed by atoms with Crippen LogP contribution < -0.4 is 4.90 Å². The molecule has 3 heterocycles. The Bertz CT molecular complexity index is 808. The van der Waals surface area contributed by atoms with Crippen LogP contribution in [0.15, 0.2) is 28.9 Å². The Morgan fingerprint density at radius 1 is 1.37 bits per heavy atom. The van der Waals surface area contributed by atoms with Crippen LogP contribution in [0.2, 0.25) is 0 Å². The van der Waals surface area contributed by atoms with Gasteiger partial charge in [-0.05, 0) is 18.2 Å². The average molecular weight is 384 g/mol. The minimum absolute atomic E-state index is 0.0323. The number of furan rings is 1. The Balaban J connectivity index is 1.89. The van der Waals surface area contributed by atoms with Crippen LogP contribution in [0.5, 0.6) is 0 Å². The molecule has 1 fully saturated rings. The van der Waals surface area contributed by atoms with Crippen molar-refractivity contribution in [3.63, 3.8) is 0 Å². The van der Waals surface area contributed by atoms with E-state index in [9.17, 15) is 23.1 Å². The Morgan fingerprint density at radius 2 is 2.11 bits per heavy atom. The number of aliphatic hydroxyl groups is 1. The topological polar surface area (TPSA) is 82.7 Å². The van der Waals surface area contributed by atoms with E-state index in [1.165, 1.54) is 22.1 Å². The Labute approximate surface area is 153 Å². The number of carbonyl (C=O) groups is 1. The first-order valence-corrected chi connectivity index (χ1v) is 8.28. The van der Waals surface area contributed by atoms with Crippen molar-refractivity contribution in [1.82, 2.24) is 15.1 Å². The molecule has 2 aromatic heterocycles. The normalized spacial score (nSPS) is 20.1. The number of halogens is 3. The highest BCUT2D eigenvalue weighted by molar-refractivity contribution is 5.76. The molecular weight excluding hydrogens is 365 g/mol. The molecule has 1 saturated heterocycles. The van der Waals surface area contributed by atoms with Gasteiger partial charge >= 0.3 is 6.18 Å². The lowest BCUT2D eigenvalue weighted by Crippen LogP contribution is -2.28. The van der Waals surface area contributed by atoms with Gasteiger partial charge in [0.15, 0.2) is 11.6 Å². The number of hydrogen-bond donors (Lipinski definition) is 1. The first-order chi connectivity index (χ1) is 12.7. The van der Waals surface area contributed by atoms with Crippen LogP contribution in [0.1, 0.15) is 12.0 Å². The van der Waals surface area contributed by atoms with E-state index in [4.69, 9.17) is 4.42 Å². The van der Waals surface area contributed by atoms with Gasteiger partial charge in [0.05, 0.1) is 12.4 Å². The first kappa shape index (κ1) is 19.2. The van der Waals surface area contributed by atoms with Crippen molar-refractivity contribution in [2.45, 2.75) is 18.7 Å².